The summed E-state index contributed by atoms with van der Waals surface area (Å²) in [7, 11) is 2.08. The second-order valence-corrected chi connectivity index (χ2v) is 7.40. The SMILES string of the molecule is CC(C)N(C)Cc1ncn2c1CN(C(=O)NCc1cccc(F)c1)CCC2. The maximum absolute atomic E-state index is 13.3. The Morgan fingerprint density at radius 3 is 2.93 bits per heavy atom. The lowest BCUT2D eigenvalue weighted by Gasteiger charge is -2.23. The highest BCUT2D eigenvalue weighted by molar-refractivity contribution is 5.74. The molecule has 1 aromatic heterocycles. The fourth-order valence-electron chi connectivity index (χ4n) is 3.18. The third kappa shape index (κ3) is 4.86. The van der Waals surface area contributed by atoms with Gasteiger partial charge in [0, 0.05) is 32.2 Å². The van der Waals surface area contributed by atoms with Crippen molar-refractivity contribution < 1.29 is 9.18 Å². The normalized spacial score (nSPS) is 14.4. The first kappa shape index (κ1) is 19.4. The van der Waals surface area contributed by atoms with Crippen molar-refractivity contribution in [2.24, 2.45) is 0 Å². The maximum Gasteiger partial charge on any atom is 0.318 e. The van der Waals surface area contributed by atoms with Gasteiger partial charge in [0.2, 0.25) is 0 Å². The zero-order valence-electron chi connectivity index (χ0n) is 16.3. The Morgan fingerprint density at radius 1 is 1.37 bits per heavy atom. The molecule has 2 heterocycles. The van der Waals surface area contributed by atoms with Crippen LogP contribution >= 0.6 is 0 Å². The van der Waals surface area contributed by atoms with E-state index in [1.807, 2.05) is 11.2 Å². The van der Waals surface area contributed by atoms with Crippen LogP contribution in [0.1, 0.15) is 37.2 Å². The van der Waals surface area contributed by atoms with Crippen LogP contribution in [0.2, 0.25) is 0 Å². The Bertz CT molecular complexity index is 788. The van der Waals surface area contributed by atoms with Gasteiger partial charge in [-0.2, -0.15) is 0 Å². The molecule has 7 heteroatoms. The summed E-state index contributed by atoms with van der Waals surface area (Å²) in [6, 6.07) is 6.60. The molecule has 3 rings (SSSR count). The predicted octanol–water partition coefficient (Wildman–Crippen LogP) is 2.98. The largest absolute Gasteiger partial charge is 0.334 e. The lowest BCUT2D eigenvalue weighted by atomic mass is 10.2. The molecule has 2 aromatic rings. The van der Waals surface area contributed by atoms with Crippen molar-refractivity contribution in [2.45, 2.75) is 52.5 Å². The van der Waals surface area contributed by atoms with Gasteiger partial charge in [0.25, 0.3) is 0 Å². The Kier molecular flexibility index (Phi) is 6.11. The second kappa shape index (κ2) is 8.52. The lowest BCUT2D eigenvalue weighted by molar-refractivity contribution is 0.195. The van der Waals surface area contributed by atoms with Gasteiger partial charge in [0.15, 0.2) is 0 Å². The highest BCUT2D eigenvalue weighted by Crippen LogP contribution is 2.18. The molecule has 0 bridgehead atoms. The topological polar surface area (TPSA) is 53.4 Å². The molecule has 2 amide bonds. The third-order valence-electron chi connectivity index (χ3n) is 5.10. The van der Waals surface area contributed by atoms with E-state index >= 15 is 0 Å². The minimum absolute atomic E-state index is 0.128. The second-order valence-electron chi connectivity index (χ2n) is 7.40. The molecule has 0 unspecified atom stereocenters. The van der Waals surface area contributed by atoms with Crippen molar-refractivity contribution in [2.75, 3.05) is 13.6 Å². The first-order valence-corrected chi connectivity index (χ1v) is 9.44. The molecular formula is C20H28FN5O. The van der Waals surface area contributed by atoms with E-state index in [4.69, 9.17) is 0 Å². The molecule has 0 atom stereocenters. The van der Waals surface area contributed by atoms with Crippen molar-refractivity contribution in [1.82, 2.24) is 24.7 Å². The van der Waals surface area contributed by atoms with Crippen LogP contribution in [0.15, 0.2) is 30.6 Å². The lowest BCUT2D eigenvalue weighted by Crippen LogP contribution is -2.39. The Balaban J connectivity index is 1.66. The van der Waals surface area contributed by atoms with E-state index in [9.17, 15) is 9.18 Å². The molecule has 0 saturated carbocycles. The molecule has 1 aliphatic rings. The standard InChI is InChI=1S/C20H28FN5O/c1-15(2)24(3)12-18-19-13-25(8-5-9-26(19)14-23-18)20(27)22-11-16-6-4-7-17(21)10-16/h4,6-7,10,14-15H,5,8-9,11-13H2,1-3H3,(H,22,27). The first-order valence-electron chi connectivity index (χ1n) is 9.44. The van der Waals surface area contributed by atoms with E-state index in [2.05, 4.69) is 40.7 Å². The Morgan fingerprint density at radius 2 is 2.19 bits per heavy atom. The summed E-state index contributed by atoms with van der Waals surface area (Å²) in [4.78, 5) is 21.3. The summed E-state index contributed by atoms with van der Waals surface area (Å²) >= 11 is 0. The number of aryl methyl sites for hydroxylation is 1. The monoisotopic (exact) mass is 373 g/mol. The number of nitrogens with one attached hydrogen (secondary N) is 1. The molecule has 0 aliphatic carbocycles. The molecule has 1 N–H and O–H groups in total. The van der Waals surface area contributed by atoms with Crippen LogP contribution in [0.25, 0.3) is 0 Å². The minimum Gasteiger partial charge on any atom is -0.334 e. The number of nitrogens with zero attached hydrogens (tertiary/aromatic N) is 4. The van der Waals surface area contributed by atoms with Crippen molar-refractivity contribution in [1.29, 1.82) is 0 Å². The average molecular weight is 373 g/mol. The summed E-state index contributed by atoms with van der Waals surface area (Å²) in [5.74, 6) is -0.292. The van der Waals surface area contributed by atoms with Crippen LogP contribution in [0.4, 0.5) is 9.18 Å². The quantitative estimate of drug-likeness (QED) is 0.877. The number of amides is 2. The van der Waals surface area contributed by atoms with Crippen LogP contribution in [-0.2, 0) is 26.2 Å². The fourth-order valence-corrected chi connectivity index (χ4v) is 3.18. The Hall–Kier alpha value is -2.41. The van der Waals surface area contributed by atoms with Crippen LogP contribution in [-0.4, -0.2) is 45.0 Å². The predicted molar refractivity (Wildman–Crippen MR) is 102 cm³/mol. The summed E-state index contributed by atoms with van der Waals surface area (Å²) in [6.07, 6.45) is 2.77. The number of aromatic nitrogens is 2. The number of fused-ring (bicyclic) bond motifs is 1. The van der Waals surface area contributed by atoms with Gasteiger partial charge >= 0.3 is 6.03 Å². The van der Waals surface area contributed by atoms with Crippen LogP contribution < -0.4 is 5.32 Å². The van der Waals surface area contributed by atoms with E-state index < -0.39 is 0 Å². The summed E-state index contributed by atoms with van der Waals surface area (Å²) in [5, 5.41) is 2.91. The molecule has 1 aromatic carbocycles. The fraction of sp³-hybridized carbons (Fsp3) is 0.500. The molecule has 0 saturated heterocycles. The van der Waals surface area contributed by atoms with E-state index in [0.29, 0.717) is 25.7 Å². The number of imidazole rings is 1. The minimum atomic E-state index is -0.292. The zero-order valence-corrected chi connectivity index (χ0v) is 16.3. The summed E-state index contributed by atoms with van der Waals surface area (Å²) in [5.41, 5.74) is 2.87. The van der Waals surface area contributed by atoms with Gasteiger partial charge in [-0.25, -0.2) is 14.2 Å². The number of rotatable bonds is 5. The van der Waals surface area contributed by atoms with Gasteiger partial charge in [0.1, 0.15) is 5.82 Å². The van der Waals surface area contributed by atoms with Crippen molar-refractivity contribution in [3.8, 4) is 0 Å². The molecule has 6 nitrogen and oxygen atoms in total. The number of urea groups is 1. The van der Waals surface area contributed by atoms with Crippen LogP contribution in [0.5, 0.6) is 0 Å². The van der Waals surface area contributed by atoms with Gasteiger partial charge in [-0.3, -0.25) is 4.90 Å². The molecule has 0 radical (unpaired) electrons. The third-order valence-corrected chi connectivity index (χ3v) is 5.10. The molecule has 0 spiro atoms. The molecule has 27 heavy (non-hydrogen) atoms. The van der Waals surface area contributed by atoms with Gasteiger partial charge < -0.3 is 14.8 Å². The number of hydrogen-bond acceptors (Lipinski definition) is 3. The Labute approximate surface area is 160 Å². The number of hydrogen-bond donors (Lipinski definition) is 1. The van der Waals surface area contributed by atoms with E-state index in [1.54, 1.807) is 12.1 Å². The van der Waals surface area contributed by atoms with E-state index in [-0.39, 0.29) is 11.8 Å². The van der Waals surface area contributed by atoms with Crippen LogP contribution in [0, 0.1) is 5.82 Å². The maximum atomic E-state index is 13.3. The molecule has 146 valence electrons. The number of benzene rings is 1. The van der Waals surface area contributed by atoms with E-state index in [0.717, 1.165) is 36.5 Å². The zero-order chi connectivity index (χ0) is 19.4. The van der Waals surface area contributed by atoms with Gasteiger partial charge in [-0.15, -0.1) is 0 Å². The van der Waals surface area contributed by atoms with Gasteiger partial charge in [0.05, 0.1) is 24.3 Å². The smallest absolute Gasteiger partial charge is 0.318 e. The van der Waals surface area contributed by atoms with Crippen molar-refractivity contribution in [3.05, 3.63) is 53.4 Å². The highest BCUT2D eigenvalue weighted by Gasteiger charge is 2.23. The first-order chi connectivity index (χ1) is 12.9. The summed E-state index contributed by atoms with van der Waals surface area (Å²) in [6.45, 7) is 7.48. The number of carbonyl (C=O) groups is 1. The highest BCUT2D eigenvalue weighted by atomic mass is 19.1. The molecule has 1 aliphatic heterocycles. The molecule has 0 fully saturated rings. The average Bonchev–Trinajstić information content (AvgIpc) is 2.87. The van der Waals surface area contributed by atoms with Gasteiger partial charge in [-0.05, 0) is 45.0 Å². The van der Waals surface area contributed by atoms with Gasteiger partial charge in [-0.1, -0.05) is 12.1 Å². The number of halogens is 1. The molecular weight excluding hydrogens is 345 g/mol. The van der Waals surface area contributed by atoms with Crippen LogP contribution in [0.3, 0.4) is 0 Å². The summed E-state index contributed by atoms with van der Waals surface area (Å²) < 4.78 is 15.5. The van der Waals surface area contributed by atoms with Crippen molar-refractivity contribution in [3.63, 3.8) is 0 Å². The number of carbonyl (C=O) groups excluding carboxylic acids is 1. The van der Waals surface area contributed by atoms with E-state index in [1.165, 1.54) is 12.1 Å². The van der Waals surface area contributed by atoms with Crippen molar-refractivity contribution >= 4 is 6.03 Å².